The molecule has 2 fully saturated rings. The molecule has 2 N–H and O–H groups in total. The number of carbonyl (C=O) groups excluding carboxylic acids is 1. The Morgan fingerprint density at radius 3 is 2.70 bits per heavy atom. The molecule has 20 heavy (non-hydrogen) atoms. The summed E-state index contributed by atoms with van der Waals surface area (Å²) in [6.07, 6.45) is 0.955. The lowest BCUT2D eigenvalue weighted by Gasteiger charge is -2.29. The number of carboxylic acid groups (broad SMARTS) is 1. The van der Waals surface area contributed by atoms with Gasteiger partial charge >= 0.3 is 12.0 Å². The van der Waals surface area contributed by atoms with Crippen molar-refractivity contribution < 1.29 is 24.2 Å². The Labute approximate surface area is 118 Å². The number of rotatable bonds is 5. The van der Waals surface area contributed by atoms with Crippen molar-refractivity contribution >= 4 is 12.0 Å². The fraction of sp³-hybridized carbons (Fsp3) is 0.846. The van der Waals surface area contributed by atoms with E-state index < -0.39 is 17.9 Å². The minimum absolute atomic E-state index is 0.167. The largest absolute Gasteiger partial charge is 0.481 e. The molecule has 2 rings (SSSR count). The van der Waals surface area contributed by atoms with Crippen LogP contribution in [0.5, 0.6) is 0 Å². The number of nitrogens with one attached hydrogen (secondary N) is 1. The van der Waals surface area contributed by atoms with Gasteiger partial charge in [-0.25, -0.2) is 4.79 Å². The first kappa shape index (κ1) is 15.1. The highest BCUT2D eigenvalue weighted by Crippen LogP contribution is 2.20. The average molecular weight is 286 g/mol. The summed E-state index contributed by atoms with van der Waals surface area (Å²) in [5.41, 5.74) is 0. The molecule has 2 aliphatic heterocycles. The minimum atomic E-state index is -0.914. The molecule has 3 unspecified atom stereocenters. The molecule has 7 heteroatoms. The Kier molecular flexibility index (Phi) is 5.19. The van der Waals surface area contributed by atoms with E-state index in [-0.39, 0.29) is 19.2 Å². The van der Waals surface area contributed by atoms with Crippen LogP contribution >= 0.6 is 0 Å². The molecule has 0 aromatic carbocycles. The molecular formula is C13H22N2O5. The third-order valence-electron chi connectivity index (χ3n) is 3.94. The number of likely N-dealkylation sites (N-methyl/N-ethyl adjacent to an activating group) is 1. The zero-order valence-electron chi connectivity index (χ0n) is 11.7. The van der Waals surface area contributed by atoms with E-state index in [9.17, 15) is 9.59 Å². The Hall–Kier alpha value is -1.34. The molecule has 7 nitrogen and oxygen atoms in total. The lowest BCUT2D eigenvalue weighted by Crippen LogP contribution is -2.51. The van der Waals surface area contributed by atoms with Gasteiger partial charge in [0, 0.05) is 25.6 Å². The third-order valence-corrected chi connectivity index (χ3v) is 3.94. The summed E-state index contributed by atoms with van der Waals surface area (Å²) in [7, 11) is 0. The zero-order chi connectivity index (χ0) is 14.5. The van der Waals surface area contributed by atoms with Crippen LogP contribution in [0.25, 0.3) is 0 Å². The number of carbonyl (C=O) groups is 2. The van der Waals surface area contributed by atoms with Gasteiger partial charge in [-0.2, -0.15) is 0 Å². The predicted molar refractivity (Wildman–Crippen MR) is 70.4 cm³/mol. The summed E-state index contributed by atoms with van der Waals surface area (Å²) in [4.78, 5) is 24.9. The van der Waals surface area contributed by atoms with Crippen molar-refractivity contribution in [1.29, 1.82) is 0 Å². The van der Waals surface area contributed by atoms with Crippen LogP contribution in [0.3, 0.4) is 0 Å². The zero-order valence-corrected chi connectivity index (χ0v) is 11.7. The van der Waals surface area contributed by atoms with Gasteiger partial charge in [-0.05, 0) is 13.3 Å². The highest BCUT2D eigenvalue weighted by Gasteiger charge is 2.39. The second kappa shape index (κ2) is 6.90. The Bertz CT molecular complexity index is 357. The van der Waals surface area contributed by atoms with Gasteiger partial charge < -0.3 is 24.8 Å². The van der Waals surface area contributed by atoms with Gasteiger partial charge in [-0.3, -0.25) is 4.79 Å². The van der Waals surface area contributed by atoms with Crippen molar-refractivity contribution in [3.05, 3.63) is 0 Å². The summed E-state index contributed by atoms with van der Waals surface area (Å²) in [5, 5.41) is 12.0. The van der Waals surface area contributed by atoms with Crippen molar-refractivity contribution in [3.63, 3.8) is 0 Å². The van der Waals surface area contributed by atoms with E-state index in [0.717, 1.165) is 13.0 Å². The standard InChI is InChI=1S/C13H22N2O5/c1-2-15(11-8-20-7-10(11)12(16)17)13(18)14-5-9-3-4-19-6-9/h9-11H,2-8H2,1H3,(H,14,18)(H,16,17). The third kappa shape index (κ3) is 3.40. The average Bonchev–Trinajstić information content (AvgIpc) is 3.08. The molecule has 0 spiro atoms. The number of urea groups is 1. The maximum Gasteiger partial charge on any atom is 0.317 e. The Balaban J connectivity index is 1.89. The van der Waals surface area contributed by atoms with Gasteiger partial charge in [0.2, 0.25) is 0 Å². The summed E-state index contributed by atoms with van der Waals surface area (Å²) < 4.78 is 10.5. The maximum atomic E-state index is 12.2. The van der Waals surface area contributed by atoms with E-state index in [2.05, 4.69) is 5.32 Å². The lowest BCUT2D eigenvalue weighted by atomic mass is 10.0. The number of carboxylic acids is 1. The minimum Gasteiger partial charge on any atom is -0.481 e. The van der Waals surface area contributed by atoms with E-state index in [0.29, 0.717) is 25.6 Å². The topological polar surface area (TPSA) is 88.1 Å². The van der Waals surface area contributed by atoms with Gasteiger partial charge in [-0.1, -0.05) is 0 Å². The van der Waals surface area contributed by atoms with Crippen molar-refractivity contribution in [3.8, 4) is 0 Å². The summed E-state index contributed by atoms with van der Waals surface area (Å²) >= 11 is 0. The number of hydrogen-bond acceptors (Lipinski definition) is 4. The summed E-state index contributed by atoms with van der Waals surface area (Å²) in [6, 6.07) is -0.613. The van der Waals surface area contributed by atoms with Crippen LogP contribution in [-0.4, -0.2) is 67.6 Å². The smallest absolute Gasteiger partial charge is 0.317 e. The van der Waals surface area contributed by atoms with Gasteiger partial charge in [0.05, 0.1) is 25.9 Å². The first-order valence-corrected chi connectivity index (χ1v) is 7.06. The Morgan fingerprint density at radius 1 is 1.30 bits per heavy atom. The molecule has 2 heterocycles. The van der Waals surface area contributed by atoms with E-state index in [1.807, 2.05) is 6.92 Å². The van der Waals surface area contributed by atoms with Crippen LogP contribution in [0.15, 0.2) is 0 Å². The molecule has 2 saturated heterocycles. The summed E-state index contributed by atoms with van der Waals surface area (Å²) in [5.74, 6) is -1.20. The first-order chi connectivity index (χ1) is 9.63. The quantitative estimate of drug-likeness (QED) is 0.751. The van der Waals surface area contributed by atoms with Crippen LogP contribution in [0.2, 0.25) is 0 Å². The monoisotopic (exact) mass is 286 g/mol. The molecule has 114 valence electrons. The molecule has 0 saturated carbocycles. The number of aliphatic carboxylic acids is 1. The predicted octanol–water partition coefficient (Wildman–Crippen LogP) is 0.154. The molecule has 2 amide bonds. The van der Waals surface area contributed by atoms with E-state index in [1.165, 1.54) is 0 Å². The number of ether oxygens (including phenoxy) is 2. The van der Waals surface area contributed by atoms with Gasteiger partial charge in [0.25, 0.3) is 0 Å². The van der Waals surface area contributed by atoms with Gasteiger partial charge in [-0.15, -0.1) is 0 Å². The molecular weight excluding hydrogens is 264 g/mol. The second-order valence-corrected chi connectivity index (χ2v) is 5.25. The molecule has 0 aliphatic carbocycles. The highest BCUT2D eigenvalue weighted by atomic mass is 16.5. The first-order valence-electron chi connectivity index (χ1n) is 7.06. The van der Waals surface area contributed by atoms with Crippen LogP contribution in [0.4, 0.5) is 4.79 Å². The van der Waals surface area contributed by atoms with Crippen molar-refractivity contribution in [2.24, 2.45) is 11.8 Å². The number of hydrogen-bond donors (Lipinski definition) is 2. The lowest BCUT2D eigenvalue weighted by molar-refractivity contribution is -0.142. The van der Waals surface area contributed by atoms with E-state index in [1.54, 1.807) is 4.90 Å². The van der Waals surface area contributed by atoms with E-state index in [4.69, 9.17) is 14.6 Å². The normalized spacial score (nSPS) is 29.4. The van der Waals surface area contributed by atoms with Gasteiger partial charge in [0.1, 0.15) is 5.92 Å². The van der Waals surface area contributed by atoms with Gasteiger partial charge in [0.15, 0.2) is 0 Å². The molecule has 3 atom stereocenters. The summed E-state index contributed by atoms with van der Waals surface area (Å²) in [6.45, 7) is 4.75. The fourth-order valence-corrected chi connectivity index (χ4v) is 2.69. The molecule has 0 radical (unpaired) electrons. The maximum absolute atomic E-state index is 12.2. The SMILES string of the molecule is CCN(C(=O)NCC1CCOC1)C1COCC1C(=O)O. The molecule has 0 aromatic heterocycles. The second-order valence-electron chi connectivity index (χ2n) is 5.25. The Morgan fingerprint density at radius 2 is 2.10 bits per heavy atom. The fourth-order valence-electron chi connectivity index (χ4n) is 2.69. The highest BCUT2D eigenvalue weighted by molar-refractivity contribution is 5.77. The van der Waals surface area contributed by atoms with Crippen molar-refractivity contribution in [1.82, 2.24) is 10.2 Å². The molecule has 0 bridgehead atoms. The molecule has 0 aromatic rings. The van der Waals surface area contributed by atoms with Crippen LogP contribution in [-0.2, 0) is 14.3 Å². The van der Waals surface area contributed by atoms with Crippen molar-refractivity contribution in [2.75, 3.05) is 39.5 Å². The number of nitrogens with zero attached hydrogens (tertiary/aromatic N) is 1. The van der Waals surface area contributed by atoms with E-state index >= 15 is 0 Å². The number of amides is 2. The van der Waals surface area contributed by atoms with Crippen LogP contribution in [0.1, 0.15) is 13.3 Å². The van der Waals surface area contributed by atoms with Crippen LogP contribution < -0.4 is 5.32 Å². The van der Waals surface area contributed by atoms with Crippen molar-refractivity contribution in [2.45, 2.75) is 19.4 Å². The van der Waals surface area contributed by atoms with Crippen LogP contribution in [0, 0.1) is 11.8 Å². The molecule has 2 aliphatic rings.